The Balaban J connectivity index is 2.04. The predicted octanol–water partition coefficient (Wildman–Crippen LogP) is 2.00. The van der Waals surface area contributed by atoms with E-state index in [1.165, 1.54) is 10.9 Å². The third-order valence-corrected chi connectivity index (χ3v) is 3.33. The molecule has 2 heterocycles. The van der Waals surface area contributed by atoms with Crippen LogP contribution in [0.2, 0.25) is 0 Å². The van der Waals surface area contributed by atoms with Crippen LogP contribution in [0.3, 0.4) is 0 Å². The van der Waals surface area contributed by atoms with E-state index in [-0.39, 0.29) is 12.2 Å². The molecule has 0 bridgehead atoms. The van der Waals surface area contributed by atoms with Gasteiger partial charge >= 0.3 is 6.09 Å². The molecule has 3 rings (SSSR count). The van der Waals surface area contributed by atoms with Crippen LogP contribution in [0.5, 0.6) is 0 Å². The summed E-state index contributed by atoms with van der Waals surface area (Å²) in [6, 6.07) is 12.1. The number of primary amides is 1. The molecule has 2 amide bonds. The number of rotatable bonds is 5. The molecule has 2 aromatic heterocycles. The van der Waals surface area contributed by atoms with E-state index in [1.807, 2.05) is 0 Å². The Morgan fingerprint density at radius 2 is 2.08 bits per heavy atom. The summed E-state index contributed by atoms with van der Waals surface area (Å²) < 4.78 is 6.91. The number of furan rings is 1. The van der Waals surface area contributed by atoms with E-state index >= 15 is 0 Å². The molecule has 0 aliphatic heterocycles. The molecular weight excluding hydrogens is 312 g/mol. The first-order valence-corrected chi connectivity index (χ1v) is 7.04. The number of aromatic nitrogens is 2. The van der Waals surface area contributed by atoms with Crippen LogP contribution >= 0.6 is 0 Å². The molecule has 8 nitrogen and oxygen atoms in total. The molecular formula is C16H14N4O4. The van der Waals surface area contributed by atoms with Crippen LogP contribution in [-0.4, -0.2) is 26.9 Å². The number of nitrogens with one attached hydrogen (secondary N) is 1. The lowest BCUT2D eigenvalue weighted by Gasteiger charge is -2.08. The summed E-state index contributed by atoms with van der Waals surface area (Å²) >= 11 is 0. The minimum absolute atomic E-state index is 0.107. The maximum atomic E-state index is 11.5. The van der Waals surface area contributed by atoms with Crippen LogP contribution in [0, 0.1) is 0 Å². The summed E-state index contributed by atoms with van der Waals surface area (Å²) in [7, 11) is 0. The van der Waals surface area contributed by atoms with Crippen LogP contribution in [0.25, 0.3) is 17.1 Å². The van der Waals surface area contributed by atoms with Gasteiger partial charge in [-0.15, -0.1) is 0 Å². The van der Waals surface area contributed by atoms with Crippen LogP contribution in [0.15, 0.2) is 53.1 Å². The molecule has 24 heavy (non-hydrogen) atoms. The van der Waals surface area contributed by atoms with Crippen molar-refractivity contribution in [2.24, 2.45) is 5.73 Å². The summed E-state index contributed by atoms with van der Waals surface area (Å²) in [5.74, 6) is -0.116. The van der Waals surface area contributed by atoms with Crippen LogP contribution in [0.4, 0.5) is 4.79 Å². The minimum atomic E-state index is -1.10. The van der Waals surface area contributed by atoms with Gasteiger partial charge in [0.25, 0.3) is 5.91 Å². The molecule has 0 saturated carbocycles. The first kappa shape index (κ1) is 15.3. The van der Waals surface area contributed by atoms with Gasteiger partial charge in [0.1, 0.15) is 5.69 Å². The number of nitrogens with zero attached hydrogens (tertiary/aromatic N) is 2. The fourth-order valence-corrected chi connectivity index (χ4v) is 2.27. The van der Waals surface area contributed by atoms with Crippen molar-refractivity contribution in [3.63, 3.8) is 0 Å². The molecule has 0 aliphatic rings. The summed E-state index contributed by atoms with van der Waals surface area (Å²) in [6.45, 7) is 0.156. The summed E-state index contributed by atoms with van der Waals surface area (Å²) in [5.41, 5.74) is 7.39. The highest BCUT2D eigenvalue weighted by Crippen LogP contribution is 2.25. The fourth-order valence-electron chi connectivity index (χ4n) is 2.27. The normalized spacial score (nSPS) is 10.5. The van der Waals surface area contributed by atoms with Gasteiger partial charge < -0.3 is 20.6 Å². The van der Waals surface area contributed by atoms with Crippen molar-refractivity contribution in [1.29, 1.82) is 0 Å². The number of carboxylic acid groups (broad SMARTS) is 1. The van der Waals surface area contributed by atoms with Crippen LogP contribution in [0.1, 0.15) is 16.1 Å². The highest BCUT2D eigenvalue weighted by atomic mass is 16.4. The standard InChI is InChI=1S/C16H14N4O4/c17-15(21)12-8-13(14-5-2-6-24-14)20(19-12)11-4-1-3-10(7-11)9-18-16(22)23/h1-8,18H,9H2,(H2,17,21)(H,22,23). The second kappa shape index (κ2) is 6.29. The van der Waals surface area contributed by atoms with Crippen molar-refractivity contribution >= 4 is 12.0 Å². The van der Waals surface area contributed by atoms with Crippen molar-refractivity contribution in [2.45, 2.75) is 6.54 Å². The molecule has 8 heteroatoms. The molecule has 0 atom stereocenters. The molecule has 0 radical (unpaired) electrons. The Kier molecular flexibility index (Phi) is 4.02. The summed E-state index contributed by atoms with van der Waals surface area (Å²) in [6.07, 6.45) is 0.413. The third kappa shape index (κ3) is 3.12. The number of carbonyl (C=O) groups excluding carboxylic acids is 1. The number of carbonyl (C=O) groups is 2. The topological polar surface area (TPSA) is 123 Å². The van der Waals surface area contributed by atoms with Crippen LogP contribution < -0.4 is 11.1 Å². The second-order valence-corrected chi connectivity index (χ2v) is 5.00. The van der Waals surface area contributed by atoms with Gasteiger partial charge in [0, 0.05) is 12.6 Å². The molecule has 0 spiro atoms. The third-order valence-electron chi connectivity index (χ3n) is 3.33. The van der Waals surface area contributed by atoms with Crippen molar-refractivity contribution in [3.8, 4) is 17.1 Å². The number of nitrogens with two attached hydrogens (primary N) is 1. The highest BCUT2D eigenvalue weighted by Gasteiger charge is 2.16. The lowest BCUT2D eigenvalue weighted by Crippen LogP contribution is -2.20. The van der Waals surface area contributed by atoms with E-state index in [9.17, 15) is 9.59 Å². The SMILES string of the molecule is NC(=O)c1cc(-c2ccco2)n(-c2cccc(CNC(=O)O)c2)n1. The predicted molar refractivity (Wildman–Crippen MR) is 84.6 cm³/mol. The summed E-state index contributed by atoms with van der Waals surface area (Å²) in [5, 5.41) is 15.2. The van der Waals surface area contributed by atoms with E-state index < -0.39 is 12.0 Å². The minimum Gasteiger partial charge on any atom is -0.465 e. The quantitative estimate of drug-likeness (QED) is 0.661. The van der Waals surface area contributed by atoms with Gasteiger partial charge in [-0.3, -0.25) is 4.79 Å². The van der Waals surface area contributed by atoms with Crippen LogP contribution in [-0.2, 0) is 6.54 Å². The Labute approximate surface area is 136 Å². The van der Waals surface area contributed by atoms with Gasteiger partial charge in [-0.2, -0.15) is 5.10 Å². The Morgan fingerprint density at radius 3 is 2.75 bits per heavy atom. The highest BCUT2D eigenvalue weighted by molar-refractivity contribution is 5.92. The van der Waals surface area contributed by atoms with Crippen molar-refractivity contribution in [1.82, 2.24) is 15.1 Å². The van der Waals surface area contributed by atoms with Gasteiger partial charge in [0.05, 0.1) is 12.0 Å². The number of benzene rings is 1. The Morgan fingerprint density at radius 1 is 1.25 bits per heavy atom. The van der Waals surface area contributed by atoms with E-state index in [2.05, 4.69) is 10.4 Å². The molecule has 0 aliphatic carbocycles. The molecule has 0 fully saturated rings. The zero-order valence-corrected chi connectivity index (χ0v) is 12.5. The monoisotopic (exact) mass is 326 g/mol. The first-order valence-electron chi connectivity index (χ1n) is 7.04. The zero-order valence-electron chi connectivity index (χ0n) is 12.5. The number of amides is 2. The average molecular weight is 326 g/mol. The Bertz CT molecular complexity index is 883. The number of hydrogen-bond acceptors (Lipinski definition) is 4. The molecule has 122 valence electrons. The van der Waals surface area contributed by atoms with Gasteiger partial charge in [-0.1, -0.05) is 12.1 Å². The maximum absolute atomic E-state index is 11.5. The fraction of sp³-hybridized carbons (Fsp3) is 0.0625. The van der Waals surface area contributed by atoms with Gasteiger partial charge in [0.15, 0.2) is 11.5 Å². The number of hydrogen-bond donors (Lipinski definition) is 3. The van der Waals surface area contributed by atoms with Gasteiger partial charge in [-0.25, -0.2) is 9.48 Å². The molecule has 1 aromatic carbocycles. The van der Waals surface area contributed by atoms with Crippen molar-refractivity contribution in [3.05, 3.63) is 60.0 Å². The molecule has 3 aromatic rings. The molecule has 0 unspecified atom stereocenters. The van der Waals surface area contributed by atoms with E-state index in [4.69, 9.17) is 15.3 Å². The van der Waals surface area contributed by atoms with E-state index in [1.54, 1.807) is 42.5 Å². The van der Waals surface area contributed by atoms with Gasteiger partial charge in [-0.05, 0) is 29.8 Å². The van der Waals surface area contributed by atoms with Gasteiger partial charge in [0.2, 0.25) is 0 Å². The summed E-state index contributed by atoms with van der Waals surface area (Å²) in [4.78, 5) is 22.1. The lowest BCUT2D eigenvalue weighted by atomic mass is 10.2. The zero-order chi connectivity index (χ0) is 17.1. The molecule has 4 N–H and O–H groups in total. The van der Waals surface area contributed by atoms with Crippen molar-refractivity contribution < 1.29 is 19.1 Å². The first-order chi connectivity index (χ1) is 11.5. The lowest BCUT2D eigenvalue weighted by molar-refractivity contribution is 0.0995. The Hall–Kier alpha value is -3.55. The molecule has 0 saturated heterocycles. The van der Waals surface area contributed by atoms with E-state index in [0.717, 1.165) is 5.56 Å². The largest absolute Gasteiger partial charge is 0.465 e. The smallest absolute Gasteiger partial charge is 0.404 e. The average Bonchev–Trinajstić information content (AvgIpc) is 3.22. The van der Waals surface area contributed by atoms with E-state index in [0.29, 0.717) is 17.1 Å². The van der Waals surface area contributed by atoms with Crippen molar-refractivity contribution in [2.75, 3.05) is 0 Å². The maximum Gasteiger partial charge on any atom is 0.404 e. The second-order valence-electron chi connectivity index (χ2n) is 5.00.